The number of carbonyl (C=O) groups excluding carboxylic acids is 2. The number of benzene rings is 2. The lowest BCUT2D eigenvalue weighted by Crippen LogP contribution is -2.43. The van der Waals surface area contributed by atoms with Crippen LogP contribution in [-0.2, 0) is 4.79 Å². The second-order valence-corrected chi connectivity index (χ2v) is 6.58. The molecule has 2 N–H and O–H groups in total. The Kier molecular flexibility index (Phi) is 4.85. The van der Waals surface area contributed by atoms with E-state index in [1.54, 1.807) is 4.90 Å². The van der Waals surface area contributed by atoms with Crippen molar-refractivity contribution in [3.05, 3.63) is 58.6 Å². The molecule has 124 valence electrons. The molecule has 1 saturated heterocycles. The summed E-state index contributed by atoms with van der Waals surface area (Å²) in [7, 11) is 0. The Morgan fingerprint density at radius 1 is 1.21 bits per heavy atom. The van der Waals surface area contributed by atoms with Crippen molar-refractivity contribution in [2.45, 2.75) is 19.4 Å². The predicted octanol–water partition coefficient (Wildman–Crippen LogP) is 3.68. The third-order valence-corrected chi connectivity index (χ3v) is 4.88. The van der Waals surface area contributed by atoms with E-state index in [1.165, 1.54) is 0 Å². The number of amides is 3. The number of nitrogens with one attached hydrogen (secondary N) is 2. The molecule has 0 aromatic heterocycles. The van der Waals surface area contributed by atoms with Gasteiger partial charge in [-0.3, -0.25) is 4.79 Å². The van der Waals surface area contributed by atoms with Crippen molar-refractivity contribution >= 4 is 39.2 Å². The smallest absolute Gasteiger partial charge is 0.319 e. The monoisotopic (exact) mass is 387 g/mol. The van der Waals surface area contributed by atoms with Gasteiger partial charge < -0.3 is 15.5 Å². The number of hydrogen-bond acceptors (Lipinski definition) is 2. The fourth-order valence-electron chi connectivity index (χ4n) is 2.73. The molecule has 1 atom stereocenters. The number of anilines is 2. The van der Waals surface area contributed by atoms with Gasteiger partial charge in [0.2, 0.25) is 5.91 Å². The largest absolute Gasteiger partial charge is 0.326 e. The summed E-state index contributed by atoms with van der Waals surface area (Å²) < 4.78 is 0.984. The van der Waals surface area contributed by atoms with Gasteiger partial charge in [0.25, 0.3) is 0 Å². The zero-order chi connectivity index (χ0) is 17.1. The number of hydrogen-bond donors (Lipinski definition) is 2. The van der Waals surface area contributed by atoms with Gasteiger partial charge in [0.05, 0.1) is 0 Å². The van der Waals surface area contributed by atoms with Gasteiger partial charge in [0.1, 0.15) is 6.04 Å². The molecule has 1 fully saturated rings. The Labute approximate surface area is 149 Å². The van der Waals surface area contributed by atoms with Crippen LogP contribution in [0.1, 0.15) is 12.0 Å². The predicted molar refractivity (Wildman–Crippen MR) is 98.2 cm³/mol. The Balaban J connectivity index is 1.61. The lowest BCUT2D eigenvalue weighted by molar-refractivity contribution is -0.118. The minimum Gasteiger partial charge on any atom is -0.326 e. The highest BCUT2D eigenvalue weighted by Crippen LogP contribution is 2.22. The number of aryl methyl sites for hydroxylation is 1. The van der Waals surface area contributed by atoms with Gasteiger partial charge >= 0.3 is 6.03 Å². The van der Waals surface area contributed by atoms with E-state index >= 15 is 0 Å². The van der Waals surface area contributed by atoms with Crippen molar-refractivity contribution in [2.24, 2.45) is 0 Å². The van der Waals surface area contributed by atoms with Crippen LogP contribution in [0.15, 0.2) is 53.0 Å². The number of carbonyl (C=O) groups is 2. The van der Waals surface area contributed by atoms with Crippen molar-refractivity contribution in [2.75, 3.05) is 16.8 Å². The first-order chi connectivity index (χ1) is 11.5. The molecule has 1 aliphatic heterocycles. The van der Waals surface area contributed by atoms with E-state index in [9.17, 15) is 9.59 Å². The average Bonchev–Trinajstić information content (AvgIpc) is 2.92. The van der Waals surface area contributed by atoms with Gasteiger partial charge in [-0.25, -0.2) is 4.79 Å². The third-order valence-electron chi connectivity index (χ3n) is 3.99. The molecule has 1 heterocycles. The molecule has 0 bridgehead atoms. The van der Waals surface area contributed by atoms with E-state index in [2.05, 4.69) is 26.6 Å². The summed E-state index contributed by atoms with van der Waals surface area (Å²) in [5, 5.41) is 5.53. The van der Waals surface area contributed by atoms with Gasteiger partial charge in [-0.1, -0.05) is 34.1 Å². The first-order valence-corrected chi connectivity index (χ1v) is 8.54. The summed E-state index contributed by atoms with van der Waals surface area (Å²) in [6.45, 7) is 2.55. The summed E-state index contributed by atoms with van der Waals surface area (Å²) in [5.41, 5.74) is 2.58. The molecule has 6 heteroatoms. The molecule has 3 rings (SSSR count). The van der Waals surface area contributed by atoms with E-state index in [0.29, 0.717) is 18.7 Å². The number of para-hydroxylation sites is 1. The molecular weight excluding hydrogens is 370 g/mol. The van der Waals surface area contributed by atoms with Gasteiger partial charge in [-0.2, -0.15) is 0 Å². The highest BCUT2D eigenvalue weighted by atomic mass is 79.9. The molecule has 3 amide bonds. The van der Waals surface area contributed by atoms with Gasteiger partial charge in [0, 0.05) is 22.4 Å². The zero-order valence-corrected chi connectivity index (χ0v) is 14.8. The van der Waals surface area contributed by atoms with Gasteiger partial charge in [-0.15, -0.1) is 0 Å². The van der Waals surface area contributed by atoms with E-state index in [1.807, 2.05) is 55.5 Å². The van der Waals surface area contributed by atoms with Crippen LogP contribution in [0.25, 0.3) is 0 Å². The zero-order valence-electron chi connectivity index (χ0n) is 13.3. The molecular formula is C18H18BrN3O2. The van der Waals surface area contributed by atoms with Crippen LogP contribution in [0, 0.1) is 6.92 Å². The minimum absolute atomic E-state index is 0.0802. The molecule has 2 aromatic rings. The summed E-state index contributed by atoms with van der Waals surface area (Å²) in [6.07, 6.45) is 0.598. The van der Waals surface area contributed by atoms with Crippen molar-refractivity contribution < 1.29 is 9.59 Å². The van der Waals surface area contributed by atoms with Crippen LogP contribution in [0.2, 0.25) is 0 Å². The van der Waals surface area contributed by atoms with Crippen LogP contribution < -0.4 is 15.5 Å². The van der Waals surface area contributed by atoms with Crippen LogP contribution in [-0.4, -0.2) is 24.5 Å². The third kappa shape index (κ3) is 3.59. The van der Waals surface area contributed by atoms with Crippen molar-refractivity contribution in [3.63, 3.8) is 0 Å². The molecule has 1 unspecified atom stereocenters. The molecule has 2 aromatic carbocycles. The maximum Gasteiger partial charge on any atom is 0.319 e. The molecule has 0 aliphatic carbocycles. The summed E-state index contributed by atoms with van der Waals surface area (Å²) in [6, 6.07) is 14.2. The van der Waals surface area contributed by atoms with Crippen LogP contribution >= 0.6 is 15.9 Å². The Morgan fingerprint density at radius 2 is 1.96 bits per heavy atom. The Morgan fingerprint density at radius 3 is 2.67 bits per heavy atom. The summed E-state index contributed by atoms with van der Waals surface area (Å²) in [4.78, 5) is 26.3. The number of nitrogens with zero attached hydrogens (tertiary/aromatic N) is 1. The fourth-order valence-corrected chi connectivity index (χ4v) is 2.97. The van der Waals surface area contributed by atoms with Crippen LogP contribution in [0.5, 0.6) is 0 Å². The fraction of sp³-hybridized carbons (Fsp3) is 0.222. The van der Waals surface area contributed by atoms with E-state index in [-0.39, 0.29) is 11.9 Å². The molecule has 5 nitrogen and oxygen atoms in total. The normalized spacial score (nSPS) is 17.0. The molecule has 0 saturated carbocycles. The maximum atomic E-state index is 12.5. The quantitative estimate of drug-likeness (QED) is 0.843. The topological polar surface area (TPSA) is 61.4 Å². The standard InChI is InChI=1S/C18H18BrN3O2/c1-12-11-13(7-8-15(12)19)20-18(24)21-16-9-10-22(17(16)23)14-5-3-2-4-6-14/h2-8,11,16H,9-10H2,1H3,(H2,20,21,24). The Bertz CT molecular complexity index is 764. The van der Waals surface area contributed by atoms with Crippen molar-refractivity contribution in [1.82, 2.24) is 5.32 Å². The van der Waals surface area contributed by atoms with Crippen molar-refractivity contribution in [3.8, 4) is 0 Å². The maximum absolute atomic E-state index is 12.5. The number of halogens is 1. The highest BCUT2D eigenvalue weighted by Gasteiger charge is 2.33. The molecule has 0 spiro atoms. The first kappa shape index (κ1) is 16.5. The van der Waals surface area contributed by atoms with Crippen LogP contribution in [0.3, 0.4) is 0 Å². The lowest BCUT2D eigenvalue weighted by atomic mass is 10.2. The number of urea groups is 1. The number of rotatable bonds is 3. The second-order valence-electron chi connectivity index (χ2n) is 5.73. The molecule has 1 aliphatic rings. The first-order valence-electron chi connectivity index (χ1n) is 7.74. The van der Waals surface area contributed by atoms with Gasteiger partial charge in [-0.05, 0) is 49.2 Å². The lowest BCUT2D eigenvalue weighted by Gasteiger charge is -2.17. The molecule has 24 heavy (non-hydrogen) atoms. The summed E-state index contributed by atoms with van der Waals surface area (Å²) in [5.74, 6) is -0.0802. The second kappa shape index (κ2) is 7.05. The minimum atomic E-state index is -0.498. The van der Waals surface area contributed by atoms with E-state index < -0.39 is 6.04 Å². The van der Waals surface area contributed by atoms with E-state index in [4.69, 9.17) is 0 Å². The van der Waals surface area contributed by atoms with Gasteiger partial charge in [0.15, 0.2) is 0 Å². The SMILES string of the molecule is Cc1cc(NC(=O)NC2CCN(c3ccccc3)C2=O)ccc1Br. The summed E-state index contributed by atoms with van der Waals surface area (Å²) >= 11 is 3.42. The Hall–Kier alpha value is -2.34. The average molecular weight is 388 g/mol. The molecule has 0 radical (unpaired) electrons. The highest BCUT2D eigenvalue weighted by molar-refractivity contribution is 9.10. The van der Waals surface area contributed by atoms with Crippen molar-refractivity contribution in [1.29, 1.82) is 0 Å². The van der Waals surface area contributed by atoms with Crippen LogP contribution in [0.4, 0.5) is 16.2 Å². The van der Waals surface area contributed by atoms with E-state index in [0.717, 1.165) is 15.7 Å².